The average molecular weight is 539 g/mol. The maximum atomic E-state index is 12.9. The van der Waals surface area contributed by atoms with E-state index in [1.165, 1.54) is 7.11 Å². The van der Waals surface area contributed by atoms with Crippen LogP contribution >= 0.6 is 27.5 Å². The smallest absolute Gasteiger partial charge is 0.333 e. The standard InChI is InChI=1S/C25H17BrClN3O4/c1-33-22-12-15(10-20(26)23(22)34-14-17-5-3-2-4-16(17)13-28)11-21-24(31)30(25(32)29-21)19-8-6-18(27)7-9-19/h2-12H,14H2,1H3,(H,29,32)/b21-11+. The molecule has 4 rings (SSSR count). The van der Waals surface area contributed by atoms with Gasteiger partial charge in [-0.05, 0) is 70.0 Å². The van der Waals surface area contributed by atoms with Crippen LogP contribution < -0.4 is 19.7 Å². The first-order chi connectivity index (χ1) is 16.4. The second-order valence-corrected chi connectivity index (χ2v) is 8.49. The van der Waals surface area contributed by atoms with Gasteiger partial charge < -0.3 is 14.8 Å². The Morgan fingerprint density at radius 2 is 1.88 bits per heavy atom. The number of benzene rings is 3. The normalized spacial score (nSPS) is 14.2. The summed E-state index contributed by atoms with van der Waals surface area (Å²) in [5, 5.41) is 12.4. The molecule has 0 bridgehead atoms. The van der Waals surface area contributed by atoms with E-state index >= 15 is 0 Å². The van der Waals surface area contributed by atoms with Gasteiger partial charge in [-0.2, -0.15) is 5.26 Å². The van der Waals surface area contributed by atoms with Gasteiger partial charge in [0, 0.05) is 10.6 Å². The molecule has 1 heterocycles. The lowest BCUT2D eigenvalue weighted by Crippen LogP contribution is -2.30. The van der Waals surface area contributed by atoms with E-state index in [9.17, 15) is 14.9 Å². The average Bonchev–Trinajstić information content (AvgIpc) is 3.11. The van der Waals surface area contributed by atoms with Crippen LogP contribution in [0.25, 0.3) is 6.08 Å². The van der Waals surface area contributed by atoms with Crippen LogP contribution in [0.3, 0.4) is 0 Å². The van der Waals surface area contributed by atoms with Crippen LogP contribution in [0, 0.1) is 11.3 Å². The molecule has 0 saturated carbocycles. The Balaban J connectivity index is 1.59. The maximum Gasteiger partial charge on any atom is 0.333 e. The highest BCUT2D eigenvalue weighted by molar-refractivity contribution is 9.10. The predicted molar refractivity (Wildman–Crippen MR) is 132 cm³/mol. The molecule has 3 amide bonds. The first kappa shape index (κ1) is 23.4. The van der Waals surface area contributed by atoms with Crippen LogP contribution in [0.5, 0.6) is 11.5 Å². The van der Waals surface area contributed by atoms with Crippen molar-refractivity contribution in [2.45, 2.75) is 6.61 Å². The van der Waals surface area contributed by atoms with Crippen molar-refractivity contribution in [2.75, 3.05) is 12.0 Å². The molecule has 170 valence electrons. The molecule has 3 aromatic rings. The topological polar surface area (TPSA) is 91.7 Å². The SMILES string of the molecule is COc1cc(/C=C2/NC(=O)N(c3ccc(Cl)cc3)C2=O)cc(Br)c1OCc1ccccc1C#N. The summed E-state index contributed by atoms with van der Waals surface area (Å²) < 4.78 is 12.0. The van der Waals surface area contributed by atoms with Crippen molar-refractivity contribution in [3.63, 3.8) is 0 Å². The van der Waals surface area contributed by atoms with Crippen molar-refractivity contribution in [1.29, 1.82) is 5.26 Å². The number of rotatable bonds is 6. The van der Waals surface area contributed by atoms with E-state index in [1.54, 1.807) is 54.6 Å². The lowest BCUT2D eigenvalue weighted by atomic mass is 10.1. The van der Waals surface area contributed by atoms with Crippen LogP contribution in [0.4, 0.5) is 10.5 Å². The molecular formula is C25H17BrClN3O4. The number of ether oxygens (including phenoxy) is 2. The molecule has 0 aromatic heterocycles. The molecular weight excluding hydrogens is 522 g/mol. The number of nitrogens with one attached hydrogen (secondary N) is 1. The Bertz CT molecular complexity index is 1350. The van der Waals surface area contributed by atoms with E-state index < -0.39 is 11.9 Å². The molecule has 0 unspecified atom stereocenters. The number of amides is 3. The van der Waals surface area contributed by atoms with Crippen molar-refractivity contribution < 1.29 is 19.1 Å². The van der Waals surface area contributed by atoms with Crippen molar-refractivity contribution in [3.8, 4) is 17.6 Å². The van der Waals surface area contributed by atoms with E-state index in [2.05, 4.69) is 27.3 Å². The van der Waals surface area contributed by atoms with E-state index in [0.29, 0.717) is 37.8 Å². The summed E-state index contributed by atoms with van der Waals surface area (Å²) in [6, 6.07) is 18.6. The molecule has 0 radical (unpaired) electrons. The maximum absolute atomic E-state index is 12.9. The predicted octanol–water partition coefficient (Wildman–Crippen LogP) is 5.66. The van der Waals surface area contributed by atoms with E-state index in [1.807, 2.05) is 12.1 Å². The molecule has 1 aliphatic heterocycles. The van der Waals surface area contributed by atoms with Crippen LogP contribution in [0.15, 0.2) is 70.8 Å². The van der Waals surface area contributed by atoms with Gasteiger partial charge in [-0.3, -0.25) is 4.79 Å². The number of carbonyl (C=O) groups is 2. The molecule has 1 saturated heterocycles. The summed E-state index contributed by atoms with van der Waals surface area (Å²) in [7, 11) is 1.50. The molecule has 34 heavy (non-hydrogen) atoms. The molecule has 9 heteroatoms. The minimum atomic E-state index is -0.555. The minimum absolute atomic E-state index is 0.116. The third-order valence-corrected chi connectivity index (χ3v) is 5.88. The van der Waals surface area contributed by atoms with Gasteiger partial charge in [0.25, 0.3) is 5.91 Å². The van der Waals surface area contributed by atoms with Gasteiger partial charge >= 0.3 is 6.03 Å². The summed E-state index contributed by atoms with van der Waals surface area (Å²) in [5.41, 5.74) is 2.41. The van der Waals surface area contributed by atoms with Gasteiger partial charge in [0.15, 0.2) is 11.5 Å². The number of nitriles is 1. The first-order valence-electron chi connectivity index (χ1n) is 10.0. The largest absolute Gasteiger partial charge is 0.493 e. The zero-order valence-electron chi connectivity index (χ0n) is 17.8. The highest BCUT2D eigenvalue weighted by atomic mass is 79.9. The van der Waals surface area contributed by atoms with Crippen molar-refractivity contribution >= 4 is 51.2 Å². The van der Waals surface area contributed by atoms with Crippen molar-refractivity contribution in [1.82, 2.24) is 5.32 Å². The summed E-state index contributed by atoms with van der Waals surface area (Å²) in [4.78, 5) is 26.3. The Morgan fingerprint density at radius 1 is 1.15 bits per heavy atom. The third kappa shape index (κ3) is 4.76. The number of hydrogen-bond donors (Lipinski definition) is 1. The first-order valence-corrected chi connectivity index (χ1v) is 11.2. The Kier molecular flexibility index (Phi) is 6.87. The zero-order valence-corrected chi connectivity index (χ0v) is 20.2. The number of halogens is 2. The second-order valence-electron chi connectivity index (χ2n) is 7.20. The number of methoxy groups -OCH3 is 1. The Labute approximate surface area is 209 Å². The molecule has 0 atom stereocenters. The molecule has 7 nitrogen and oxygen atoms in total. The number of imide groups is 1. The van der Waals surface area contributed by atoms with E-state index in [-0.39, 0.29) is 12.3 Å². The number of nitrogens with zero attached hydrogens (tertiary/aromatic N) is 2. The minimum Gasteiger partial charge on any atom is -0.493 e. The van der Waals surface area contributed by atoms with Crippen molar-refractivity contribution in [3.05, 3.63) is 92.5 Å². The van der Waals surface area contributed by atoms with Crippen LogP contribution in [0.2, 0.25) is 5.02 Å². The van der Waals surface area contributed by atoms with E-state index in [4.69, 9.17) is 21.1 Å². The summed E-state index contributed by atoms with van der Waals surface area (Å²) >= 11 is 9.38. The van der Waals surface area contributed by atoms with Gasteiger partial charge in [-0.25, -0.2) is 9.69 Å². The fourth-order valence-electron chi connectivity index (χ4n) is 3.39. The number of urea groups is 1. The zero-order chi connectivity index (χ0) is 24.2. The summed E-state index contributed by atoms with van der Waals surface area (Å²) in [6.07, 6.45) is 1.55. The molecule has 0 spiro atoms. The number of anilines is 1. The highest BCUT2D eigenvalue weighted by Gasteiger charge is 2.34. The molecule has 3 aromatic carbocycles. The quantitative estimate of drug-likeness (QED) is 0.323. The molecule has 1 N–H and O–H groups in total. The number of hydrogen-bond acceptors (Lipinski definition) is 5. The van der Waals surface area contributed by atoms with Crippen LogP contribution in [-0.4, -0.2) is 19.0 Å². The van der Waals surface area contributed by atoms with Gasteiger partial charge in [-0.15, -0.1) is 0 Å². The van der Waals surface area contributed by atoms with Gasteiger partial charge in [-0.1, -0.05) is 29.8 Å². The van der Waals surface area contributed by atoms with Gasteiger partial charge in [0.1, 0.15) is 12.3 Å². The Hall–Kier alpha value is -3.80. The summed E-state index contributed by atoms with van der Waals surface area (Å²) in [6.45, 7) is 0.170. The van der Waals surface area contributed by atoms with E-state index in [0.717, 1.165) is 10.5 Å². The second kappa shape index (κ2) is 10.00. The Morgan fingerprint density at radius 3 is 2.59 bits per heavy atom. The lowest BCUT2D eigenvalue weighted by molar-refractivity contribution is -0.113. The lowest BCUT2D eigenvalue weighted by Gasteiger charge is -2.14. The van der Waals surface area contributed by atoms with Gasteiger partial charge in [0.2, 0.25) is 0 Å². The fraction of sp³-hybridized carbons (Fsp3) is 0.0800. The molecule has 1 aliphatic rings. The third-order valence-electron chi connectivity index (χ3n) is 5.04. The number of carbonyl (C=O) groups excluding carboxylic acids is 2. The van der Waals surface area contributed by atoms with Crippen molar-refractivity contribution in [2.24, 2.45) is 0 Å². The fourth-order valence-corrected chi connectivity index (χ4v) is 4.09. The van der Waals surface area contributed by atoms with Crippen LogP contribution in [0.1, 0.15) is 16.7 Å². The molecule has 0 aliphatic carbocycles. The van der Waals surface area contributed by atoms with Gasteiger partial charge in [0.05, 0.1) is 28.9 Å². The monoisotopic (exact) mass is 537 g/mol. The highest BCUT2D eigenvalue weighted by Crippen LogP contribution is 2.38. The van der Waals surface area contributed by atoms with Crippen LogP contribution in [-0.2, 0) is 11.4 Å². The summed E-state index contributed by atoms with van der Waals surface area (Å²) in [5.74, 6) is 0.375. The molecule has 1 fully saturated rings.